The highest BCUT2D eigenvalue weighted by Gasteiger charge is 2.38. The van der Waals surface area contributed by atoms with Crippen molar-refractivity contribution in [3.63, 3.8) is 0 Å². The number of Topliss-reactive ketones (excluding diaryl/α,β-unsaturated/α-hetero) is 1. The topological polar surface area (TPSA) is 43.4 Å². The zero-order valence-corrected chi connectivity index (χ0v) is 9.53. The van der Waals surface area contributed by atoms with Gasteiger partial charge in [0.15, 0.2) is 0 Å². The van der Waals surface area contributed by atoms with Gasteiger partial charge in [-0.2, -0.15) is 0 Å². The van der Waals surface area contributed by atoms with Crippen molar-refractivity contribution in [1.29, 1.82) is 0 Å². The molecule has 4 heteroatoms. The summed E-state index contributed by atoms with van der Waals surface area (Å²) in [4.78, 5) is 22.6. The second kappa shape index (κ2) is 4.26. The molecule has 0 N–H and O–H groups in total. The molecule has 2 rings (SSSR count). The van der Waals surface area contributed by atoms with Gasteiger partial charge >= 0.3 is 5.97 Å². The van der Waals surface area contributed by atoms with Gasteiger partial charge < -0.3 is 4.74 Å². The van der Waals surface area contributed by atoms with Crippen LogP contribution in [0.1, 0.15) is 25.0 Å². The fourth-order valence-corrected chi connectivity index (χ4v) is 1.99. The van der Waals surface area contributed by atoms with Crippen LogP contribution in [0.25, 0.3) is 0 Å². The molecule has 84 valence electrons. The molecule has 1 fully saturated rings. The minimum atomic E-state index is -0.456. The van der Waals surface area contributed by atoms with E-state index in [2.05, 4.69) is 0 Å². The van der Waals surface area contributed by atoms with Crippen LogP contribution in [0.5, 0.6) is 0 Å². The Labute approximate surface area is 98.4 Å². The molecule has 0 radical (unpaired) electrons. The van der Waals surface area contributed by atoms with E-state index in [4.69, 9.17) is 16.3 Å². The lowest BCUT2D eigenvalue weighted by molar-refractivity contribution is -0.141. The summed E-state index contributed by atoms with van der Waals surface area (Å²) in [5.74, 6) is -0.709. The van der Waals surface area contributed by atoms with Crippen LogP contribution in [0.3, 0.4) is 0 Å². The van der Waals surface area contributed by atoms with Crippen molar-refractivity contribution >= 4 is 23.4 Å². The van der Waals surface area contributed by atoms with Crippen molar-refractivity contribution in [3.8, 4) is 0 Å². The summed E-state index contributed by atoms with van der Waals surface area (Å²) >= 11 is 5.77. The van der Waals surface area contributed by atoms with Gasteiger partial charge in [0.25, 0.3) is 0 Å². The lowest BCUT2D eigenvalue weighted by Gasteiger charge is -2.15. The van der Waals surface area contributed by atoms with E-state index in [-0.39, 0.29) is 24.1 Å². The Hall–Kier alpha value is -1.35. The molecule has 1 saturated heterocycles. The zero-order valence-electron chi connectivity index (χ0n) is 8.77. The SMILES string of the molecule is CC(=O)[C@H]1CC(=O)OC1c1ccc(Cl)cc1. The Bertz CT molecular complexity index is 424. The standard InChI is InChI=1S/C12H11ClO3/c1-7(14)10-6-11(15)16-12(10)8-2-4-9(13)5-3-8/h2-5,10,12H,6H2,1H3/t10-,12?/m1/s1. The van der Waals surface area contributed by atoms with Crippen LogP contribution < -0.4 is 0 Å². The Morgan fingerprint density at radius 2 is 2.00 bits per heavy atom. The summed E-state index contributed by atoms with van der Waals surface area (Å²) in [6.07, 6.45) is -0.287. The first-order chi connectivity index (χ1) is 7.58. The van der Waals surface area contributed by atoms with Crippen molar-refractivity contribution in [1.82, 2.24) is 0 Å². The summed E-state index contributed by atoms with van der Waals surface area (Å²) in [6.45, 7) is 1.48. The van der Waals surface area contributed by atoms with E-state index in [9.17, 15) is 9.59 Å². The number of cyclic esters (lactones) is 1. The van der Waals surface area contributed by atoms with Gasteiger partial charge in [0, 0.05) is 5.02 Å². The van der Waals surface area contributed by atoms with Crippen molar-refractivity contribution < 1.29 is 14.3 Å². The molecule has 0 amide bonds. The molecule has 1 aliphatic rings. The third kappa shape index (κ3) is 2.09. The molecular formula is C12H11ClO3. The van der Waals surface area contributed by atoms with Gasteiger partial charge in [0.1, 0.15) is 11.9 Å². The minimum absolute atomic E-state index is 0.0224. The molecule has 0 saturated carbocycles. The van der Waals surface area contributed by atoms with E-state index < -0.39 is 6.10 Å². The Balaban J connectivity index is 2.28. The largest absolute Gasteiger partial charge is 0.457 e. The van der Waals surface area contributed by atoms with Gasteiger partial charge in [-0.3, -0.25) is 9.59 Å². The predicted octanol–water partition coefficient (Wildman–Crippen LogP) is 2.53. The maximum atomic E-state index is 11.4. The number of carbonyl (C=O) groups excluding carboxylic acids is 2. The molecule has 1 unspecified atom stereocenters. The van der Waals surface area contributed by atoms with E-state index in [1.54, 1.807) is 24.3 Å². The fourth-order valence-electron chi connectivity index (χ4n) is 1.87. The summed E-state index contributed by atoms with van der Waals surface area (Å²) in [6, 6.07) is 7.00. The van der Waals surface area contributed by atoms with Crippen LogP contribution in [0.4, 0.5) is 0 Å². The molecule has 1 aromatic carbocycles. The third-order valence-corrected chi connectivity index (χ3v) is 2.98. The molecule has 0 aliphatic carbocycles. The van der Waals surface area contributed by atoms with Crippen molar-refractivity contribution in [2.24, 2.45) is 5.92 Å². The van der Waals surface area contributed by atoms with Gasteiger partial charge in [0.2, 0.25) is 0 Å². The quantitative estimate of drug-likeness (QED) is 0.744. The first-order valence-corrected chi connectivity index (χ1v) is 5.41. The molecule has 0 bridgehead atoms. The van der Waals surface area contributed by atoms with Crippen LogP contribution in [0.2, 0.25) is 5.02 Å². The van der Waals surface area contributed by atoms with Crippen LogP contribution >= 0.6 is 11.6 Å². The second-order valence-corrected chi connectivity index (χ2v) is 4.32. The number of hydrogen-bond acceptors (Lipinski definition) is 3. The molecule has 1 aliphatic heterocycles. The summed E-state index contributed by atoms with van der Waals surface area (Å²) < 4.78 is 5.16. The third-order valence-electron chi connectivity index (χ3n) is 2.73. The minimum Gasteiger partial charge on any atom is -0.457 e. The number of halogens is 1. The first kappa shape index (κ1) is 11.1. The van der Waals surface area contributed by atoms with Gasteiger partial charge in [-0.05, 0) is 24.6 Å². The Kier molecular flexibility index (Phi) is 2.97. The monoisotopic (exact) mass is 238 g/mol. The van der Waals surface area contributed by atoms with Gasteiger partial charge in [-0.15, -0.1) is 0 Å². The Morgan fingerprint density at radius 1 is 1.38 bits per heavy atom. The lowest BCUT2D eigenvalue weighted by atomic mass is 9.92. The number of benzene rings is 1. The number of esters is 1. The fraction of sp³-hybridized carbons (Fsp3) is 0.333. The molecular weight excluding hydrogens is 228 g/mol. The number of ether oxygens (including phenoxy) is 1. The number of hydrogen-bond donors (Lipinski definition) is 0. The van der Waals surface area contributed by atoms with Crippen molar-refractivity contribution in [3.05, 3.63) is 34.9 Å². The summed E-state index contributed by atoms with van der Waals surface area (Å²) in [5.41, 5.74) is 0.815. The smallest absolute Gasteiger partial charge is 0.307 e. The van der Waals surface area contributed by atoms with Crippen LogP contribution in [-0.4, -0.2) is 11.8 Å². The highest BCUT2D eigenvalue weighted by Crippen LogP contribution is 2.36. The number of rotatable bonds is 2. The van der Waals surface area contributed by atoms with Crippen LogP contribution in [-0.2, 0) is 14.3 Å². The summed E-state index contributed by atoms with van der Waals surface area (Å²) in [5, 5.41) is 0.618. The van der Waals surface area contributed by atoms with Crippen molar-refractivity contribution in [2.75, 3.05) is 0 Å². The molecule has 1 heterocycles. The molecule has 1 aromatic rings. The van der Waals surface area contributed by atoms with Crippen molar-refractivity contribution in [2.45, 2.75) is 19.4 Å². The Morgan fingerprint density at radius 3 is 2.56 bits per heavy atom. The number of ketones is 1. The van der Waals surface area contributed by atoms with E-state index in [1.165, 1.54) is 6.92 Å². The highest BCUT2D eigenvalue weighted by atomic mass is 35.5. The van der Waals surface area contributed by atoms with Crippen LogP contribution in [0, 0.1) is 5.92 Å². The first-order valence-electron chi connectivity index (χ1n) is 5.03. The molecule has 3 nitrogen and oxygen atoms in total. The lowest BCUT2D eigenvalue weighted by Crippen LogP contribution is -2.15. The average molecular weight is 239 g/mol. The maximum Gasteiger partial charge on any atom is 0.307 e. The van der Waals surface area contributed by atoms with Gasteiger partial charge in [-0.25, -0.2) is 0 Å². The average Bonchev–Trinajstić information content (AvgIpc) is 2.61. The molecule has 0 spiro atoms. The highest BCUT2D eigenvalue weighted by molar-refractivity contribution is 6.30. The number of carbonyl (C=O) groups is 2. The van der Waals surface area contributed by atoms with Gasteiger partial charge in [0.05, 0.1) is 12.3 Å². The second-order valence-electron chi connectivity index (χ2n) is 3.88. The van der Waals surface area contributed by atoms with E-state index in [0.29, 0.717) is 5.02 Å². The van der Waals surface area contributed by atoms with E-state index in [1.807, 2.05) is 0 Å². The normalized spacial score (nSPS) is 24.2. The molecule has 0 aromatic heterocycles. The summed E-state index contributed by atoms with van der Waals surface area (Å²) in [7, 11) is 0. The van der Waals surface area contributed by atoms with E-state index >= 15 is 0 Å². The predicted molar refractivity (Wildman–Crippen MR) is 59.1 cm³/mol. The molecule has 2 atom stereocenters. The molecule has 16 heavy (non-hydrogen) atoms. The van der Waals surface area contributed by atoms with Crippen LogP contribution in [0.15, 0.2) is 24.3 Å². The maximum absolute atomic E-state index is 11.4. The van der Waals surface area contributed by atoms with Gasteiger partial charge in [-0.1, -0.05) is 23.7 Å². The zero-order chi connectivity index (χ0) is 11.7. The van der Waals surface area contributed by atoms with E-state index in [0.717, 1.165) is 5.56 Å².